The normalized spacial score (nSPS) is 15.4. The molecule has 2 aliphatic rings. The van der Waals surface area contributed by atoms with Crippen LogP contribution in [0.1, 0.15) is 124 Å². The molecule has 0 unspecified atom stereocenters. The highest BCUT2D eigenvalue weighted by atomic mass is 16.5. The zero-order valence-corrected chi connectivity index (χ0v) is 60.8. The molecule has 0 radical (unpaired) electrons. The number of guanidine groups is 1. The molecule has 9 atom stereocenters. The van der Waals surface area contributed by atoms with E-state index in [1.165, 1.54) is 41.7 Å². The number of aliphatic hydroxyl groups excluding tert-OH is 1. The molecule has 40 nitrogen and oxygen atoms in total. The summed E-state index contributed by atoms with van der Waals surface area (Å²) in [5.74, 6) is -11.9. The molecule has 4 aromatic rings. The number of nitrogens with zero attached hydrogens (tertiary/aromatic N) is 3. The average molecular weight is 1510 g/mol. The predicted octanol–water partition coefficient (Wildman–Crippen LogP) is -2.74. The van der Waals surface area contributed by atoms with Crippen LogP contribution >= 0.6 is 0 Å². The van der Waals surface area contributed by atoms with Gasteiger partial charge in [0.05, 0.1) is 25.1 Å². The molecule has 0 spiro atoms. The lowest BCUT2D eigenvalue weighted by Gasteiger charge is -2.31. The van der Waals surface area contributed by atoms with Gasteiger partial charge < -0.3 is 110 Å². The number of aliphatic imine (C=N–C) groups is 1. The Kier molecular flexibility index (Phi) is 39.2. The number of rotatable bonds is 31. The molecule has 590 valence electrons. The molecule has 2 aromatic carbocycles. The van der Waals surface area contributed by atoms with Crippen molar-refractivity contribution in [1.29, 1.82) is 0 Å². The number of imidazole rings is 1. The zero-order chi connectivity index (χ0) is 80.8. The molecule has 0 saturated carbocycles. The number of aliphatic hydroxyl groups is 1. The molecule has 2 aliphatic heterocycles. The third-order valence-corrected chi connectivity index (χ3v) is 14.8. The van der Waals surface area contributed by atoms with Gasteiger partial charge in [-0.1, -0.05) is 44.2 Å². The molecule has 24 N–H and O–H groups in total. The maximum Gasteiger partial charge on any atom is 0.330 e. The number of nitrogens with two attached hydrogens (primary N) is 3. The van der Waals surface area contributed by atoms with Gasteiger partial charge in [-0.15, -0.1) is 0 Å². The van der Waals surface area contributed by atoms with Crippen molar-refractivity contribution in [2.24, 2.45) is 28.1 Å². The average Bonchev–Trinajstić information content (AvgIpc) is 1.71. The number of aromatic amines is 2. The number of nitrogens with one attached hydrogen (secondary N) is 12. The number of para-hydroxylation sites is 1. The van der Waals surface area contributed by atoms with Crippen LogP contribution in [0.5, 0.6) is 5.75 Å². The van der Waals surface area contributed by atoms with Gasteiger partial charge in [-0.3, -0.25) is 77.5 Å². The van der Waals surface area contributed by atoms with Crippen LogP contribution in [-0.4, -0.2) is 232 Å². The minimum atomic E-state index is -1.80. The van der Waals surface area contributed by atoms with E-state index in [-0.39, 0.29) is 94.4 Å². The number of aliphatic carboxylic acids is 4. The van der Waals surface area contributed by atoms with E-state index in [1.54, 1.807) is 65.1 Å². The number of hydrazine groups is 1. The fourth-order valence-corrected chi connectivity index (χ4v) is 10.2. The lowest BCUT2D eigenvalue weighted by molar-refractivity contribution is -0.142. The molecule has 4 heterocycles. The van der Waals surface area contributed by atoms with Crippen molar-refractivity contribution >= 4 is 106 Å². The number of carbonyl (C=O) groups is 15. The lowest BCUT2D eigenvalue weighted by atomic mass is 10.0. The summed E-state index contributed by atoms with van der Waals surface area (Å²) in [4.78, 5) is 203. The Bertz CT molecular complexity index is 3620. The molecule has 107 heavy (non-hydrogen) atoms. The Morgan fingerprint density at radius 3 is 1.68 bits per heavy atom. The summed E-state index contributed by atoms with van der Waals surface area (Å²) >= 11 is 0. The highest BCUT2D eigenvalue weighted by Gasteiger charge is 2.40. The summed E-state index contributed by atoms with van der Waals surface area (Å²) in [6, 6.07) is -0.716. The van der Waals surface area contributed by atoms with Crippen LogP contribution in [0.4, 0.5) is 4.79 Å². The van der Waals surface area contributed by atoms with E-state index in [1.807, 2.05) is 5.43 Å². The number of carboxylic acid groups (broad SMARTS) is 4. The topological polar surface area (TPSA) is 645 Å². The van der Waals surface area contributed by atoms with E-state index < -0.39 is 156 Å². The Hall–Kier alpha value is -12.0. The standard InChI is InChI=1S/C59H84N18O14.4C2H4O2/c1-31(2)22-40(49(82)68-39(12-8-20-64-57(60)61)56(89)77-21-9-13-46(77)55(88)75-76-58(62)90)69-54(87)45(29-91-59(3,4)5)74-50(83)41(23-32-14-16-35(79)17-15-32)70-53(86)44(28-78)73-51(84)42(24-33-26-65-37-11-7-6-10-36(33)37)71-52(85)43(25-34-27-63-30-66-34)72-48(81)38-18-19-47(80)67-38;4*1-2(3)4/h6-7,10-11,14-17,26-27,30-31,38-46,65,78-79H,8-9,12-13,18-25,28-29H2,1-5H3,(H,63,66)(H,67,80)(H,68,82)(H,69,87)(H,70,86)(H,71,85)(H,72,81)(H,73,84)(H,74,83)(H,75,88)(H4,60,61,64)(H3,62,76,90);4*1H3,(H,3,4)/t38-,39-,40-,41-,42-,43-,44-,45+,46-;;;;/m0..../s1. The second kappa shape index (κ2) is 46.0. The highest BCUT2D eigenvalue weighted by Crippen LogP contribution is 2.22. The van der Waals surface area contributed by atoms with Gasteiger partial charge in [-0.2, -0.15) is 0 Å². The summed E-state index contributed by atoms with van der Waals surface area (Å²) in [6.45, 7) is 11.6. The Morgan fingerprint density at radius 2 is 1.16 bits per heavy atom. The van der Waals surface area contributed by atoms with Crippen molar-refractivity contribution in [2.45, 2.75) is 186 Å². The molecule has 0 bridgehead atoms. The van der Waals surface area contributed by atoms with Crippen molar-refractivity contribution in [3.8, 4) is 5.75 Å². The SMILES string of the molecule is CC(=O)O.CC(=O)O.CC(=O)O.CC(=O)O.CC(C)C[C@H](NC(=O)[C@@H](COC(C)(C)C)NC(=O)[C@H](Cc1ccc(O)cc1)NC(=O)[C@H](CO)NC(=O)[C@H](Cc1c[nH]c2ccccc12)NC(=O)[C@H](Cc1cnc[nH]1)NC(=O)[C@@H]1CCC(=O)N1)C(=O)N[C@@H](CCCN=C(N)N)C(=O)N1CCC[C@H]1C(=O)NNC(N)=O. The second-order valence-corrected chi connectivity index (χ2v) is 25.7. The number of H-pyrrole nitrogens is 2. The Labute approximate surface area is 615 Å². The Morgan fingerprint density at radius 1 is 0.645 bits per heavy atom. The molecule has 2 aromatic heterocycles. The number of likely N-dealkylation sites (tertiary alicyclic amines) is 1. The molecule has 12 amide bonds. The van der Waals surface area contributed by atoms with Gasteiger partial charge in [0.25, 0.3) is 29.8 Å². The summed E-state index contributed by atoms with van der Waals surface area (Å²) in [5, 5.41) is 72.4. The number of aromatic nitrogens is 3. The van der Waals surface area contributed by atoms with Crippen molar-refractivity contribution in [2.75, 3.05) is 26.3 Å². The van der Waals surface area contributed by atoms with E-state index in [2.05, 4.69) is 67.9 Å². The minimum Gasteiger partial charge on any atom is -0.508 e. The number of phenolic OH excluding ortho intramolecular Hbond substituents is 1. The van der Waals surface area contributed by atoms with E-state index in [0.717, 1.165) is 27.7 Å². The number of hydrogen-bond acceptors (Lipinski definition) is 20. The van der Waals surface area contributed by atoms with Gasteiger partial charge in [-0.25, -0.2) is 15.2 Å². The fraction of sp³-hybridized carbons (Fsp3) is 0.507. The lowest BCUT2D eigenvalue weighted by Crippen LogP contribution is -2.62. The molecule has 6 rings (SSSR count). The zero-order valence-electron chi connectivity index (χ0n) is 60.8. The van der Waals surface area contributed by atoms with Crippen LogP contribution in [-0.2, 0) is 91.1 Å². The largest absolute Gasteiger partial charge is 0.508 e. The van der Waals surface area contributed by atoms with Gasteiger partial charge in [0, 0.05) is 95.5 Å². The van der Waals surface area contributed by atoms with Gasteiger partial charge in [0.1, 0.15) is 60.1 Å². The van der Waals surface area contributed by atoms with Crippen molar-refractivity contribution in [3.05, 3.63) is 84.1 Å². The highest BCUT2D eigenvalue weighted by molar-refractivity contribution is 6.00. The van der Waals surface area contributed by atoms with Gasteiger partial charge in [-0.05, 0) is 94.5 Å². The molecular formula is C67H100N18O22. The van der Waals surface area contributed by atoms with Crippen molar-refractivity contribution in [1.82, 2.24) is 73.2 Å². The maximum atomic E-state index is 14.8. The number of carbonyl (C=O) groups excluding carboxylic acids is 11. The van der Waals surface area contributed by atoms with Crippen molar-refractivity contribution in [3.63, 3.8) is 0 Å². The summed E-state index contributed by atoms with van der Waals surface area (Å²) < 4.78 is 6.03. The van der Waals surface area contributed by atoms with Gasteiger partial charge in [0.15, 0.2) is 5.96 Å². The molecular weight excluding hydrogens is 1410 g/mol. The van der Waals surface area contributed by atoms with E-state index in [4.69, 9.17) is 61.5 Å². The number of carboxylic acids is 4. The summed E-state index contributed by atoms with van der Waals surface area (Å²) in [7, 11) is 0. The second-order valence-electron chi connectivity index (χ2n) is 25.7. The number of urea groups is 1. The number of amides is 12. The molecule has 0 aliphatic carbocycles. The quantitative estimate of drug-likeness (QED) is 0.0105. The molecule has 40 heteroatoms. The van der Waals surface area contributed by atoms with Crippen LogP contribution in [0, 0.1) is 5.92 Å². The van der Waals surface area contributed by atoms with Crippen LogP contribution in [0.25, 0.3) is 10.9 Å². The first-order valence-corrected chi connectivity index (χ1v) is 33.6. The first-order chi connectivity index (χ1) is 50.1. The first kappa shape index (κ1) is 91.1. The van der Waals surface area contributed by atoms with Crippen LogP contribution < -0.4 is 70.6 Å². The number of primary amides is 1. The van der Waals surface area contributed by atoms with Gasteiger partial charge >= 0.3 is 6.03 Å². The maximum absolute atomic E-state index is 14.8. The third kappa shape index (κ3) is 36.3. The molecule has 2 fully saturated rings. The number of benzene rings is 2. The minimum absolute atomic E-state index is 0.00453. The van der Waals surface area contributed by atoms with Gasteiger partial charge in [0.2, 0.25) is 53.2 Å². The third-order valence-electron chi connectivity index (χ3n) is 14.8. The van der Waals surface area contributed by atoms with Crippen molar-refractivity contribution < 1.29 is 107 Å². The fourth-order valence-electron chi connectivity index (χ4n) is 10.2. The molecule has 2 saturated heterocycles. The number of hydrogen-bond donors (Lipinski definition) is 21. The van der Waals surface area contributed by atoms with Crippen LogP contribution in [0.2, 0.25) is 0 Å². The van der Waals surface area contributed by atoms with Crippen LogP contribution in [0.15, 0.2) is 72.2 Å². The number of fused-ring (bicyclic) bond motifs is 1. The van der Waals surface area contributed by atoms with E-state index in [9.17, 15) is 63.0 Å². The summed E-state index contributed by atoms with van der Waals surface area (Å²) in [6.07, 6.45) is 4.91. The monoisotopic (exact) mass is 1510 g/mol. The number of ether oxygens (including phenoxy) is 1. The van der Waals surface area contributed by atoms with Crippen LogP contribution in [0.3, 0.4) is 0 Å². The first-order valence-electron chi connectivity index (χ1n) is 33.6. The number of phenols is 1. The Balaban J connectivity index is 0.00000220. The predicted molar refractivity (Wildman–Crippen MR) is 382 cm³/mol. The van der Waals surface area contributed by atoms with E-state index >= 15 is 0 Å². The summed E-state index contributed by atoms with van der Waals surface area (Å²) in [5.41, 5.74) is 21.6. The van der Waals surface area contributed by atoms with E-state index in [0.29, 0.717) is 34.1 Å². The smallest absolute Gasteiger partial charge is 0.330 e. The number of aromatic hydroxyl groups is 1.